The molecule has 0 radical (unpaired) electrons. The van der Waals surface area contributed by atoms with Crippen molar-refractivity contribution in [2.45, 2.75) is 38.1 Å². The van der Waals surface area contributed by atoms with Crippen molar-refractivity contribution < 1.29 is 14.4 Å². The molecule has 2 aromatic carbocycles. The molecule has 164 valence electrons. The second-order valence-electron chi connectivity index (χ2n) is 8.25. The van der Waals surface area contributed by atoms with Crippen molar-refractivity contribution in [2.24, 2.45) is 0 Å². The van der Waals surface area contributed by atoms with E-state index in [1.165, 1.54) is 11.3 Å². The number of carbonyl (C=O) groups is 3. The number of anilines is 1. The third kappa shape index (κ3) is 3.73. The maximum absolute atomic E-state index is 13.6. The first-order chi connectivity index (χ1) is 16.1. The van der Waals surface area contributed by atoms with Crippen LogP contribution in [0.25, 0.3) is 0 Å². The zero-order valence-electron chi connectivity index (χ0n) is 17.8. The Morgan fingerprint density at radius 2 is 1.64 bits per heavy atom. The first-order valence-corrected chi connectivity index (χ1v) is 11.8. The van der Waals surface area contributed by atoms with E-state index in [1.54, 1.807) is 24.3 Å². The minimum Gasteiger partial charge on any atom is -0.315 e. The van der Waals surface area contributed by atoms with E-state index in [-0.39, 0.29) is 6.42 Å². The highest BCUT2D eigenvalue weighted by Gasteiger charge is 2.43. The van der Waals surface area contributed by atoms with Gasteiger partial charge in [0.1, 0.15) is 17.1 Å². The van der Waals surface area contributed by atoms with Crippen molar-refractivity contribution in [3.8, 4) is 6.07 Å². The molecule has 33 heavy (non-hydrogen) atoms. The van der Waals surface area contributed by atoms with Crippen molar-refractivity contribution in [1.82, 2.24) is 4.90 Å². The van der Waals surface area contributed by atoms with Crippen LogP contribution in [0.5, 0.6) is 0 Å². The molecule has 0 unspecified atom stereocenters. The Labute approximate surface area is 195 Å². The fraction of sp³-hybridized carbons (Fsp3) is 0.231. The summed E-state index contributed by atoms with van der Waals surface area (Å²) in [6, 6.07) is 17.1. The van der Waals surface area contributed by atoms with Crippen molar-refractivity contribution in [3.63, 3.8) is 0 Å². The van der Waals surface area contributed by atoms with Crippen molar-refractivity contribution in [1.29, 1.82) is 5.26 Å². The van der Waals surface area contributed by atoms with Crippen molar-refractivity contribution in [3.05, 3.63) is 87.3 Å². The summed E-state index contributed by atoms with van der Waals surface area (Å²) in [5.41, 5.74) is 2.96. The molecule has 0 spiro atoms. The number of thiophene rings is 1. The number of fused-ring (bicyclic) bond motifs is 2. The van der Waals surface area contributed by atoms with Crippen molar-refractivity contribution >= 4 is 34.1 Å². The molecule has 3 aromatic rings. The Balaban J connectivity index is 1.50. The molecule has 2 heterocycles. The number of amides is 3. The van der Waals surface area contributed by atoms with E-state index in [1.807, 2.05) is 30.3 Å². The summed E-state index contributed by atoms with van der Waals surface area (Å²) >= 11 is 1.43. The Hall–Kier alpha value is -3.76. The number of nitrogens with one attached hydrogen (secondary N) is 1. The molecule has 6 nitrogen and oxygen atoms in total. The van der Waals surface area contributed by atoms with Gasteiger partial charge in [-0.1, -0.05) is 42.5 Å². The van der Waals surface area contributed by atoms with Gasteiger partial charge in [0.05, 0.1) is 16.7 Å². The number of aryl methyl sites for hydroxylation is 1. The zero-order valence-corrected chi connectivity index (χ0v) is 18.7. The van der Waals surface area contributed by atoms with Crippen LogP contribution in [-0.4, -0.2) is 28.7 Å². The van der Waals surface area contributed by atoms with Crippen LogP contribution in [0, 0.1) is 11.3 Å². The largest absolute Gasteiger partial charge is 0.315 e. The summed E-state index contributed by atoms with van der Waals surface area (Å²) in [6.45, 7) is 0. The van der Waals surface area contributed by atoms with Gasteiger partial charge in [-0.05, 0) is 48.9 Å². The van der Waals surface area contributed by atoms with Gasteiger partial charge in [0, 0.05) is 11.3 Å². The second kappa shape index (κ2) is 8.64. The molecule has 2 aliphatic rings. The first kappa shape index (κ1) is 21.1. The van der Waals surface area contributed by atoms with Crippen LogP contribution < -0.4 is 5.32 Å². The van der Waals surface area contributed by atoms with Crippen LogP contribution >= 0.6 is 11.3 Å². The van der Waals surface area contributed by atoms with Crippen molar-refractivity contribution in [2.75, 3.05) is 5.32 Å². The van der Waals surface area contributed by atoms with Gasteiger partial charge in [0.2, 0.25) is 5.91 Å². The van der Waals surface area contributed by atoms with Crippen LogP contribution in [0.15, 0.2) is 54.6 Å². The average molecular weight is 456 g/mol. The van der Waals surface area contributed by atoms with Crippen LogP contribution in [0.3, 0.4) is 0 Å². The number of benzene rings is 2. The molecule has 5 rings (SSSR count). The summed E-state index contributed by atoms with van der Waals surface area (Å²) in [7, 11) is 0. The number of nitrogens with zero attached hydrogens (tertiary/aromatic N) is 2. The Bertz CT molecular complexity index is 1270. The molecule has 1 N–H and O–H groups in total. The smallest absolute Gasteiger partial charge is 0.262 e. The Morgan fingerprint density at radius 1 is 1.00 bits per heavy atom. The number of rotatable bonds is 5. The molecule has 7 heteroatoms. The fourth-order valence-electron chi connectivity index (χ4n) is 4.60. The highest BCUT2D eigenvalue weighted by atomic mass is 32.1. The van der Waals surface area contributed by atoms with E-state index >= 15 is 0 Å². The van der Waals surface area contributed by atoms with Gasteiger partial charge in [-0.25, -0.2) is 0 Å². The van der Waals surface area contributed by atoms with Crippen LogP contribution in [-0.2, 0) is 24.1 Å². The number of hydrogen-bond acceptors (Lipinski definition) is 5. The zero-order chi connectivity index (χ0) is 22.9. The van der Waals surface area contributed by atoms with Gasteiger partial charge in [0.15, 0.2) is 0 Å². The Morgan fingerprint density at radius 3 is 2.30 bits per heavy atom. The van der Waals surface area contributed by atoms with E-state index in [2.05, 4.69) is 11.4 Å². The minimum absolute atomic E-state index is 0.186. The second-order valence-corrected chi connectivity index (χ2v) is 9.35. The normalized spacial score (nSPS) is 15.5. The van der Waals surface area contributed by atoms with E-state index in [0.29, 0.717) is 21.7 Å². The third-order valence-corrected chi connectivity index (χ3v) is 7.44. The summed E-state index contributed by atoms with van der Waals surface area (Å²) in [6.07, 6.45) is 4.01. The van der Waals surface area contributed by atoms with Gasteiger partial charge in [-0.2, -0.15) is 5.26 Å². The summed E-state index contributed by atoms with van der Waals surface area (Å²) in [5.74, 6) is -1.42. The predicted molar refractivity (Wildman–Crippen MR) is 125 cm³/mol. The van der Waals surface area contributed by atoms with E-state index < -0.39 is 23.8 Å². The molecule has 0 saturated carbocycles. The van der Waals surface area contributed by atoms with Gasteiger partial charge in [0.25, 0.3) is 11.8 Å². The standard InChI is InChI=1S/C26H21N3O3S/c27-15-20-17-10-6-7-13-22(17)33-24(20)28-23(30)21(14-16-8-2-1-3-9-16)29-25(31)18-11-4-5-12-19(18)26(29)32/h1-5,8-9,11-12,21H,6-7,10,13-14H2,(H,28,30)/t21-/m1/s1. The maximum atomic E-state index is 13.6. The molecule has 1 aliphatic carbocycles. The molecule has 0 bridgehead atoms. The minimum atomic E-state index is -1.04. The van der Waals surface area contributed by atoms with Crippen LogP contribution in [0.4, 0.5) is 5.00 Å². The molecular formula is C26H21N3O3S. The lowest BCUT2D eigenvalue weighted by Crippen LogP contribution is -2.48. The van der Waals surface area contributed by atoms with E-state index in [0.717, 1.165) is 46.6 Å². The number of carbonyl (C=O) groups excluding carboxylic acids is 3. The SMILES string of the molecule is N#Cc1c(NC(=O)[C@@H](Cc2ccccc2)N2C(=O)c3ccccc3C2=O)sc2c1CCCC2. The van der Waals surface area contributed by atoms with Gasteiger partial charge in [-0.3, -0.25) is 19.3 Å². The molecule has 3 amide bonds. The first-order valence-electron chi connectivity index (χ1n) is 10.9. The lowest BCUT2D eigenvalue weighted by molar-refractivity contribution is -0.119. The van der Waals surface area contributed by atoms with Gasteiger partial charge >= 0.3 is 0 Å². The highest BCUT2D eigenvalue weighted by Crippen LogP contribution is 2.38. The quantitative estimate of drug-likeness (QED) is 0.580. The fourth-order valence-corrected chi connectivity index (χ4v) is 5.84. The average Bonchev–Trinajstić information content (AvgIpc) is 3.32. The molecule has 0 saturated heterocycles. The van der Waals surface area contributed by atoms with E-state index in [4.69, 9.17) is 0 Å². The van der Waals surface area contributed by atoms with E-state index in [9.17, 15) is 19.6 Å². The van der Waals surface area contributed by atoms with Gasteiger partial charge in [-0.15, -0.1) is 11.3 Å². The summed E-state index contributed by atoms with van der Waals surface area (Å²) in [4.78, 5) is 42.1. The lowest BCUT2D eigenvalue weighted by Gasteiger charge is -2.25. The number of imide groups is 1. The number of nitriles is 1. The third-order valence-electron chi connectivity index (χ3n) is 6.23. The predicted octanol–water partition coefficient (Wildman–Crippen LogP) is 4.34. The summed E-state index contributed by atoms with van der Waals surface area (Å²) < 4.78 is 0. The maximum Gasteiger partial charge on any atom is 0.262 e. The molecule has 1 aliphatic heterocycles. The lowest BCUT2D eigenvalue weighted by atomic mass is 9.96. The molecule has 1 aromatic heterocycles. The topological polar surface area (TPSA) is 90.3 Å². The van der Waals surface area contributed by atoms with Crippen LogP contribution in [0.1, 0.15) is 55.1 Å². The Kier molecular flexibility index (Phi) is 5.53. The highest BCUT2D eigenvalue weighted by molar-refractivity contribution is 7.16. The number of hydrogen-bond donors (Lipinski definition) is 1. The molecule has 0 fully saturated rings. The van der Waals surface area contributed by atoms with Gasteiger partial charge < -0.3 is 5.32 Å². The summed E-state index contributed by atoms with van der Waals surface area (Å²) in [5, 5.41) is 13.1. The monoisotopic (exact) mass is 455 g/mol. The molecule has 1 atom stereocenters. The molecular weight excluding hydrogens is 434 g/mol. The van der Waals surface area contributed by atoms with Crippen LogP contribution in [0.2, 0.25) is 0 Å².